The van der Waals surface area contributed by atoms with E-state index in [4.69, 9.17) is 0 Å². The Labute approximate surface area is 106 Å². The van der Waals surface area contributed by atoms with Crippen molar-refractivity contribution in [3.63, 3.8) is 0 Å². The van der Waals surface area contributed by atoms with Crippen molar-refractivity contribution >= 4 is 35.7 Å². The summed E-state index contributed by atoms with van der Waals surface area (Å²) in [5.74, 6) is 2.69. The van der Waals surface area contributed by atoms with Gasteiger partial charge in [0.2, 0.25) is 0 Å². The van der Waals surface area contributed by atoms with E-state index in [1.807, 2.05) is 18.7 Å². The molecule has 0 spiro atoms. The lowest BCUT2D eigenvalue weighted by Crippen LogP contribution is -2.24. The molecule has 1 unspecified atom stereocenters. The smallest absolute Gasteiger partial charge is 0.150 e. The molecule has 1 rings (SSSR count). The van der Waals surface area contributed by atoms with Crippen LogP contribution < -0.4 is 0 Å². The second kappa shape index (κ2) is 5.60. The summed E-state index contributed by atoms with van der Waals surface area (Å²) in [7, 11) is 0. The second-order valence-corrected chi connectivity index (χ2v) is 7.30. The van der Waals surface area contributed by atoms with Crippen LogP contribution in [0.4, 0.5) is 0 Å². The molecular weight excluding hydrogens is 242 g/mol. The molecule has 86 valence electrons. The van der Waals surface area contributed by atoms with Crippen molar-refractivity contribution in [3.05, 3.63) is 11.1 Å². The van der Waals surface area contributed by atoms with Crippen LogP contribution in [0.5, 0.6) is 0 Å². The van der Waals surface area contributed by atoms with Gasteiger partial charge in [-0.05, 0) is 24.0 Å². The third-order valence-electron chi connectivity index (χ3n) is 2.45. The van der Waals surface area contributed by atoms with Crippen LogP contribution in [0.25, 0.3) is 0 Å². The van der Waals surface area contributed by atoms with E-state index >= 15 is 0 Å². The monoisotopic (exact) mass is 261 g/mol. The highest BCUT2D eigenvalue weighted by Crippen LogP contribution is 2.33. The van der Waals surface area contributed by atoms with E-state index in [-0.39, 0.29) is 0 Å². The maximum Gasteiger partial charge on any atom is 0.150 e. The molecule has 0 aliphatic carbocycles. The molecule has 0 N–H and O–H groups in total. The van der Waals surface area contributed by atoms with Gasteiger partial charge in [-0.15, -0.1) is 11.3 Å². The third kappa shape index (κ3) is 4.37. The van der Waals surface area contributed by atoms with Crippen LogP contribution in [-0.2, 0) is 0 Å². The molecule has 1 atom stereocenters. The van der Waals surface area contributed by atoms with E-state index in [0.717, 1.165) is 17.2 Å². The van der Waals surface area contributed by atoms with Gasteiger partial charge < -0.3 is 0 Å². The number of thiol groups is 1. The van der Waals surface area contributed by atoms with Crippen LogP contribution >= 0.6 is 35.7 Å². The fourth-order valence-corrected chi connectivity index (χ4v) is 4.31. The molecule has 0 aliphatic heterocycles. The first kappa shape index (κ1) is 13.4. The zero-order chi connectivity index (χ0) is 11.5. The standard InChI is InChI=1S/C11H19NS3/c1-8-6-14-10(12-8)15-7-9(5-13)11(2,3)4/h6,9,13H,5,7H2,1-4H3. The SMILES string of the molecule is Cc1csc(SCC(CS)C(C)(C)C)n1. The first-order valence-electron chi connectivity index (χ1n) is 5.09. The van der Waals surface area contributed by atoms with Crippen molar-refractivity contribution in [2.24, 2.45) is 11.3 Å². The van der Waals surface area contributed by atoms with Gasteiger partial charge >= 0.3 is 0 Å². The number of hydrogen-bond donors (Lipinski definition) is 1. The molecular formula is C11H19NS3. The number of thioether (sulfide) groups is 1. The third-order valence-corrected chi connectivity index (χ3v) is 5.19. The van der Waals surface area contributed by atoms with Crippen LogP contribution in [0.1, 0.15) is 26.5 Å². The van der Waals surface area contributed by atoms with Crippen molar-refractivity contribution in [3.8, 4) is 0 Å². The second-order valence-electron chi connectivity index (χ2n) is 4.81. The molecule has 0 amide bonds. The van der Waals surface area contributed by atoms with Gasteiger partial charge in [-0.1, -0.05) is 32.5 Å². The summed E-state index contributed by atoms with van der Waals surface area (Å²) in [4.78, 5) is 4.46. The number of thiazole rings is 1. The Morgan fingerprint density at radius 2 is 2.20 bits per heavy atom. The van der Waals surface area contributed by atoms with E-state index in [0.29, 0.717) is 11.3 Å². The minimum Gasteiger partial charge on any atom is -0.235 e. The Morgan fingerprint density at radius 3 is 2.60 bits per heavy atom. The van der Waals surface area contributed by atoms with Gasteiger partial charge in [0.25, 0.3) is 0 Å². The summed E-state index contributed by atoms with van der Waals surface area (Å²) in [5.41, 5.74) is 1.46. The molecule has 0 aromatic carbocycles. The normalized spacial score (nSPS) is 14.2. The highest BCUT2D eigenvalue weighted by atomic mass is 32.2. The predicted octanol–water partition coefficient (Wildman–Crippen LogP) is 4.14. The van der Waals surface area contributed by atoms with E-state index in [9.17, 15) is 0 Å². The summed E-state index contributed by atoms with van der Waals surface area (Å²) >= 11 is 8.03. The van der Waals surface area contributed by atoms with E-state index in [2.05, 4.69) is 43.8 Å². The topological polar surface area (TPSA) is 12.9 Å². The van der Waals surface area contributed by atoms with Crippen LogP contribution in [0.2, 0.25) is 0 Å². The Balaban J connectivity index is 2.48. The minimum absolute atomic E-state index is 0.334. The summed E-state index contributed by atoms with van der Waals surface area (Å²) in [6.45, 7) is 8.88. The van der Waals surface area contributed by atoms with Gasteiger partial charge in [-0.3, -0.25) is 0 Å². The average molecular weight is 261 g/mol. The highest BCUT2D eigenvalue weighted by Gasteiger charge is 2.23. The lowest BCUT2D eigenvalue weighted by Gasteiger charge is -2.28. The molecule has 0 radical (unpaired) electrons. The quantitative estimate of drug-likeness (QED) is 0.646. The first-order valence-corrected chi connectivity index (χ1v) is 7.59. The van der Waals surface area contributed by atoms with E-state index in [1.54, 1.807) is 11.3 Å². The van der Waals surface area contributed by atoms with E-state index in [1.165, 1.54) is 4.34 Å². The summed E-state index contributed by atoms with van der Waals surface area (Å²) in [6.07, 6.45) is 0. The Hall–Kier alpha value is 0.330. The molecule has 15 heavy (non-hydrogen) atoms. The van der Waals surface area contributed by atoms with Crippen LogP contribution in [0.3, 0.4) is 0 Å². The highest BCUT2D eigenvalue weighted by molar-refractivity contribution is 8.01. The summed E-state index contributed by atoms with van der Waals surface area (Å²) in [5, 5.41) is 2.11. The molecule has 0 saturated heterocycles. The zero-order valence-corrected chi connectivity index (χ0v) is 12.3. The van der Waals surface area contributed by atoms with Gasteiger partial charge in [0.1, 0.15) is 4.34 Å². The van der Waals surface area contributed by atoms with Gasteiger partial charge in [-0.2, -0.15) is 12.6 Å². The average Bonchev–Trinajstić information content (AvgIpc) is 2.50. The largest absolute Gasteiger partial charge is 0.235 e. The lowest BCUT2D eigenvalue weighted by atomic mass is 9.83. The number of aromatic nitrogens is 1. The molecule has 1 aromatic heterocycles. The maximum atomic E-state index is 4.46. The number of rotatable bonds is 4. The van der Waals surface area contributed by atoms with Gasteiger partial charge in [0, 0.05) is 16.8 Å². The zero-order valence-electron chi connectivity index (χ0n) is 9.78. The van der Waals surface area contributed by atoms with Crippen LogP contribution in [0.15, 0.2) is 9.72 Å². The van der Waals surface area contributed by atoms with E-state index < -0.39 is 0 Å². The van der Waals surface area contributed by atoms with Gasteiger partial charge in [0.05, 0.1) is 0 Å². The summed E-state index contributed by atoms with van der Waals surface area (Å²) in [6, 6.07) is 0. The number of nitrogens with zero attached hydrogens (tertiary/aromatic N) is 1. The van der Waals surface area contributed by atoms with Crippen molar-refractivity contribution in [1.29, 1.82) is 0 Å². The van der Waals surface area contributed by atoms with Crippen molar-refractivity contribution in [2.45, 2.75) is 32.0 Å². The maximum absolute atomic E-state index is 4.46. The predicted molar refractivity (Wildman–Crippen MR) is 74.4 cm³/mol. The molecule has 0 fully saturated rings. The van der Waals surface area contributed by atoms with Crippen LogP contribution in [0, 0.1) is 18.3 Å². The Bertz CT molecular complexity index is 301. The summed E-state index contributed by atoms with van der Waals surface area (Å²) < 4.78 is 1.18. The Morgan fingerprint density at radius 1 is 1.53 bits per heavy atom. The van der Waals surface area contributed by atoms with Gasteiger partial charge in [-0.25, -0.2) is 4.98 Å². The number of hydrogen-bond acceptors (Lipinski definition) is 4. The van der Waals surface area contributed by atoms with Gasteiger partial charge in [0.15, 0.2) is 0 Å². The molecule has 1 aromatic rings. The first-order chi connectivity index (χ1) is 6.93. The fraction of sp³-hybridized carbons (Fsp3) is 0.727. The van der Waals surface area contributed by atoms with Crippen molar-refractivity contribution in [2.75, 3.05) is 11.5 Å². The molecule has 0 bridgehead atoms. The molecule has 1 heterocycles. The molecule has 1 nitrogen and oxygen atoms in total. The van der Waals surface area contributed by atoms with Crippen molar-refractivity contribution < 1.29 is 0 Å². The number of aryl methyl sites for hydroxylation is 1. The Kier molecular flexibility index (Phi) is 5.00. The lowest BCUT2D eigenvalue weighted by molar-refractivity contribution is 0.294. The fourth-order valence-electron chi connectivity index (χ4n) is 1.15. The molecule has 4 heteroatoms. The van der Waals surface area contributed by atoms with Crippen molar-refractivity contribution in [1.82, 2.24) is 4.98 Å². The van der Waals surface area contributed by atoms with Crippen LogP contribution in [-0.4, -0.2) is 16.5 Å². The molecule has 0 saturated carbocycles. The minimum atomic E-state index is 0.334. The molecule has 0 aliphatic rings.